The van der Waals surface area contributed by atoms with Gasteiger partial charge in [0.25, 0.3) is 0 Å². The quantitative estimate of drug-likeness (QED) is 0.565. The van der Waals surface area contributed by atoms with Gasteiger partial charge in [-0.15, -0.1) is 0 Å². The monoisotopic (exact) mass is 353 g/mol. The average molecular weight is 354 g/mol. The molecule has 0 atom stereocenters. The fraction of sp³-hybridized carbons (Fsp3) is 0.200. The zero-order chi connectivity index (χ0) is 17.6. The van der Waals surface area contributed by atoms with Crippen molar-refractivity contribution in [2.24, 2.45) is 0 Å². The number of nitrogens with one attached hydrogen (secondary N) is 2. The molecule has 128 valence electrons. The van der Waals surface area contributed by atoms with Crippen LogP contribution in [-0.4, -0.2) is 16.0 Å². The number of benzene rings is 2. The second-order valence-electron chi connectivity index (χ2n) is 5.85. The van der Waals surface area contributed by atoms with Crippen LogP contribution in [0, 0.1) is 0 Å². The van der Waals surface area contributed by atoms with Gasteiger partial charge >= 0.3 is 0 Å². The molecule has 0 spiro atoms. The van der Waals surface area contributed by atoms with Crippen LogP contribution in [0.5, 0.6) is 0 Å². The van der Waals surface area contributed by atoms with E-state index in [4.69, 9.17) is 11.6 Å². The molecule has 2 N–H and O–H groups in total. The van der Waals surface area contributed by atoms with Gasteiger partial charge in [0.15, 0.2) is 5.78 Å². The van der Waals surface area contributed by atoms with Gasteiger partial charge in [0, 0.05) is 40.4 Å². The van der Waals surface area contributed by atoms with E-state index in [0.29, 0.717) is 18.0 Å². The van der Waals surface area contributed by atoms with Gasteiger partial charge in [-0.25, -0.2) is 0 Å². The van der Waals surface area contributed by atoms with E-state index in [0.717, 1.165) is 34.5 Å². The summed E-state index contributed by atoms with van der Waals surface area (Å²) in [5, 5.41) is 11.2. The van der Waals surface area contributed by atoms with Crippen LogP contribution in [0.2, 0.25) is 5.02 Å². The van der Waals surface area contributed by atoms with Crippen LogP contribution in [0.15, 0.2) is 54.7 Å². The Morgan fingerprint density at radius 2 is 1.92 bits per heavy atom. The van der Waals surface area contributed by atoms with E-state index in [-0.39, 0.29) is 5.78 Å². The van der Waals surface area contributed by atoms with Crippen molar-refractivity contribution >= 4 is 23.1 Å². The first-order valence-corrected chi connectivity index (χ1v) is 8.71. The molecule has 0 aliphatic carbocycles. The number of Topliss-reactive ketones (excluding diaryl/α,β-unsaturated/α-hetero) is 1. The van der Waals surface area contributed by atoms with E-state index >= 15 is 0 Å². The molecule has 25 heavy (non-hydrogen) atoms. The van der Waals surface area contributed by atoms with E-state index in [9.17, 15) is 4.79 Å². The zero-order valence-electron chi connectivity index (χ0n) is 14.1. The fourth-order valence-corrected chi connectivity index (χ4v) is 2.92. The summed E-state index contributed by atoms with van der Waals surface area (Å²) in [5.41, 5.74) is 4.58. The van der Waals surface area contributed by atoms with Crippen molar-refractivity contribution < 1.29 is 4.79 Å². The lowest BCUT2D eigenvalue weighted by molar-refractivity contribution is 0.0982. The molecule has 0 aliphatic heterocycles. The number of anilines is 1. The minimum absolute atomic E-state index is 0.185. The number of ketones is 1. The SMILES string of the molecule is CCCC(=O)c1ccc(NCc2cn[nH]c2-c2ccccc2Cl)cc1. The number of carbonyl (C=O) groups excluding carboxylic acids is 1. The van der Waals surface area contributed by atoms with Gasteiger partial charge in [0.2, 0.25) is 0 Å². The molecule has 2 aromatic carbocycles. The van der Waals surface area contributed by atoms with Gasteiger partial charge in [-0.2, -0.15) is 5.10 Å². The Balaban J connectivity index is 1.70. The molecule has 0 bridgehead atoms. The van der Waals surface area contributed by atoms with Gasteiger partial charge in [-0.3, -0.25) is 9.89 Å². The lowest BCUT2D eigenvalue weighted by Gasteiger charge is -2.09. The first-order chi connectivity index (χ1) is 12.2. The van der Waals surface area contributed by atoms with Crippen molar-refractivity contribution in [1.82, 2.24) is 10.2 Å². The molecule has 3 aromatic rings. The zero-order valence-corrected chi connectivity index (χ0v) is 14.8. The van der Waals surface area contributed by atoms with Crippen LogP contribution in [-0.2, 0) is 6.54 Å². The number of nitrogens with zero attached hydrogens (tertiary/aromatic N) is 1. The summed E-state index contributed by atoms with van der Waals surface area (Å²) in [4.78, 5) is 11.9. The predicted octanol–water partition coefficient (Wildman–Crippen LogP) is 5.33. The lowest BCUT2D eigenvalue weighted by atomic mass is 10.1. The van der Waals surface area contributed by atoms with Crippen LogP contribution >= 0.6 is 11.6 Å². The normalized spacial score (nSPS) is 10.6. The molecular weight excluding hydrogens is 334 g/mol. The number of H-pyrrole nitrogens is 1. The predicted molar refractivity (Wildman–Crippen MR) is 102 cm³/mol. The van der Waals surface area contributed by atoms with Crippen molar-refractivity contribution in [3.8, 4) is 11.3 Å². The number of aromatic nitrogens is 2. The molecule has 0 fully saturated rings. The van der Waals surface area contributed by atoms with E-state index in [1.54, 1.807) is 6.20 Å². The molecule has 0 aliphatic rings. The number of hydrogen-bond donors (Lipinski definition) is 2. The summed E-state index contributed by atoms with van der Waals surface area (Å²) in [7, 11) is 0. The molecule has 5 heteroatoms. The molecule has 0 saturated heterocycles. The first kappa shape index (κ1) is 17.2. The summed E-state index contributed by atoms with van der Waals surface area (Å²) in [5.74, 6) is 0.185. The maximum Gasteiger partial charge on any atom is 0.162 e. The summed E-state index contributed by atoms with van der Waals surface area (Å²) in [6.07, 6.45) is 3.25. The number of hydrogen-bond acceptors (Lipinski definition) is 3. The van der Waals surface area contributed by atoms with E-state index in [2.05, 4.69) is 15.5 Å². The third kappa shape index (κ3) is 4.09. The van der Waals surface area contributed by atoms with Crippen LogP contribution < -0.4 is 5.32 Å². The smallest absolute Gasteiger partial charge is 0.162 e. The topological polar surface area (TPSA) is 57.8 Å². The number of aromatic amines is 1. The fourth-order valence-electron chi connectivity index (χ4n) is 2.68. The molecule has 3 rings (SSSR count). The van der Waals surface area contributed by atoms with Crippen LogP contribution in [0.1, 0.15) is 35.7 Å². The summed E-state index contributed by atoms with van der Waals surface area (Å²) < 4.78 is 0. The highest BCUT2D eigenvalue weighted by atomic mass is 35.5. The minimum Gasteiger partial charge on any atom is -0.381 e. The number of halogens is 1. The first-order valence-electron chi connectivity index (χ1n) is 8.33. The highest BCUT2D eigenvalue weighted by Crippen LogP contribution is 2.28. The summed E-state index contributed by atoms with van der Waals surface area (Å²) in [6, 6.07) is 15.3. The molecule has 0 saturated carbocycles. The molecule has 1 aromatic heterocycles. The Bertz CT molecular complexity index is 855. The van der Waals surface area contributed by atoms with Gasteiger partial charge in [-0.1, -0.05) is 36.7 Å². The van der Waals surface area contributed by atoms with E-state index in [1.165, 1.54) is 0 Å². The molecule has 0 radical (unpaired) electrons. The van der Waals surface area contributed by atoms with Crippen molar-refractivity contribution in [3.63, 3.8) is 0 Å². The lowest BCUT2D eigenvalue weighted by Crippen LogP contribution is -2.02. The maximum atomic E-state index is 11.9. The Morgan fingerprint density at radius 1 is 1.16 bits per heavy atom. The summed E-state index contributed by atoms with van der Waals surface area (Å²) in [6.45, 7) is 2.62. The maximum absolute atomic E-state index is 11.9. The van der Waals surface area contributed by atoms with Crippen molar-refractivity contribution in [1.29, 1.82) is 0 Å². The average Bonchev–Trinajstić information content (AvgIpc) is 3.09. The standard InChI is InChI=1S/C20H20ClN3O/c1-2-5-19(25)14-8-10-16(11-9-14)22-12-15-13-23-24-20(15)17-6-3-4-7-18(17)21/h3-4,6-11,13,22H,2,5,12H2,1H3,(H,23,24). The van der Waals surface area contributed by atoms with Crippen LogP contribution in [0.3, 0.4) is 0 Å². The highest BCUT2D eigenvalue weighted by molar-refractivity contribution is 6.33. The highest BCUT2D eigenvalue weighted by Gasteiger charge is 2.10. The van der Waals surface area contributed by atoms with E-state index in [1.807, 2.05) is 55.5 Å². The molecule has 4 nitrogen and oxygen atoms in total. The van der Waals surface area contributed by atoms with Gasteiger partial charge in [-0.05, 0) is 36.8 Å². The van der Waals surface area contributed by atoms with Gasteiger partial charge in [0.1, 0.15) is 0 Å². The largest absolute Gasteiger partial charge is 0.381 e. The van der Waals surface area contributed by atoms with E-state index < -0.39 is 0 Å². The number of rotatable bonds is 7. The van der Waals surface area contributed by atoms with Gasteiger partial charge in [0.05, 0.1) is 11.9 Å². The summed E-state index contributed by atoms with van der Waals surface area (Å²) >= 11 is 6.28. The molecular formula is C20H20ClN3O. The Hall–Kier alpha value is -2.59. The number of carbonyl (C=O) groups is 1. The third-order valence-corrected chi connectivity index (χ3v) is 4.36. The Morgan fingerprint density at radius 3 is 2.64 bits per heavy atom. The van der Waals surface area contributed by atoms with Crippen molar-refractivity contribution in [2.45, 2.75) is 26.3 Å². The Kier molecular flexibility index (Phi) is 5.51. The molecule has 0 unspecified atom stereocenters. The van der Waals surface area contributed by atoms with Crippen LogP contribution in [0.4, 0.5) is 5.69 Å². The second-order valence-corrected chi connectivity index (χ2v) is 6.26. The molecule has 1 heterocycles. The van der Waals surface area contributed by atoms with Gasteiger partial charge < -0.3 is 5.32 Å². The molecule has 0 amide bonds. The van der Waals surface area contributed by atoms with Crippen molar-refractivity contribution in [2.75, 3.05) is 5.32 Å². The van der Waals surface area contributed by atoms with Crippen molar-refractivity contribution in [3.05, 3.63) is 70.9 Å². The Labute approximate surface area is 152 Å². The van der Waals surface area contributed by atoms with Crippen LogP contribution in [0.25, 0.3) is 11.3 Å². The minimum atomic E-state index is 0.185. The second kappa shape index (κ2) is 7.99. The third-order valence-electron chi connectivity index (χ3n) is 4.03.